The summed E-state index contributed by atoms with van der Waals surface area (Å²) in [6.45, 7) is 3.07. The second-order valence-electron chi connectivity index (χ2n) is 6.64. The minimum atomic E-state index is 0.127. The molecule has 0 aliphatic carbocycles. The van der Waals surface area contributed by atoms with Crippen LogP contribution >= 0.6 is 0 Å². The van der Waals surface area contributed by atoms with Crippen LogP contribution in [0.25, 0.3) is 0 Å². The lowest BCUT2D eigenvalue weighted by Gasteiger charge is -2.31. The average Bonchev–Trinajstić information content (AvgIpc) is 2.65. The number of benzene rings is 1. The summed E-state index contributed by atoms with van der Waals surface area (Å²) in [5, 5.41) is 0. The molecule has 132 valence electrons. The van der Waals surface area contributed by atoms with Crippen molar-refractivity contribution in [2.24, 2.45) is 5.92 Å². The van der Waals surface area contributed by atoms with Gasteiger partial charge in [0.25, 0.3) is 0 Å². The van der Waals surface area contributed by atoms with E-state index in [0.29, 0.717) is 24.6 Å². The summed E-state index contributed by atoms with van der Waals surface area (Å²) in [4.78, 5) is 23.6. The number of carbonyl (C=O) groups excluding carboxylic acids is 1. The number of Topliss-reactive ketones (excluding diaryl/α,β-unsaturated/α-hetero) is 1. The Hall–Kier alpha value is -2.11. The van der Waals surface area contributed by atoms with E-state index in [0.717, 1.165) is 43.6 Å². The Morgan fingerprint density at radius 2 is 1.96 bits per heavy atom. The standard InChI is InChI=1S/C20H25N3O2/c1-25-15-20-21-11-17(12-22-20)13-23-9-5-8-18(14-23)19(24)10-16-6-3-2-4-7-16/h2-4,6-7,11-12,18H,5,8-10,13-15H2,1H3/t18-/m0/s1. The number of carbonyl (C=O) groups is 1. The molecule has 0 unspecified atom stereocenters. The Morgan fingerprint density at radius 3 is 2.68 bits per heavy atom. The largest absolute Gasteiger partial charge is 0.377 e. The summed E-state index contributed by atoms with van der Waals surface area (Å²) < 4.78 is 5.03. The highest BCUT2D eigenvalue weighted by atomic mass is 16.5. The highest BCUT2D eigenvalue weighted by Crippen LogP contribution is 2.20. The van der Waals surface area contributed by atoms with Crippen molar-refractivity contribution in [1.29, 1.82) is 0 Å². The zero-order valence-corrected chi connectivity index (χ0v) is 14.7. The lowest BCUT2D eigenvalue weighted by atomic mass is 9.90. The normalized spacial score (nSPS) is 18.2. The summed E-state index contributed by atoms with van der Waals surface area (Å²) in [5.41, 5.74) is 2.18. The van der Waals surface area contributed by atoms with Crippen molar-refractivity contribution in [3.05, 3.63) is 59.7 Å². The van der Waals surface area contributed by atoms with E-state index < -0.39 is 0 Å². The quantitative estimate of drug-likeness (QED) is 0.776. The Morgan fingerprint density at radius 1 is 1.20 bits per heavy atom. The van der Waals surface area contributed by atoms with E-state index in [9.17, 15) is 4.79 Å². The molecule has 1 saturated heterocycles. The Bertz CT molecular complexity index is 673. The molecular weight excluding hydrogens is 314 g/mol. The summed E-state index contributed by atoms with van der Waals surface area (Å²) in [6.07, 6.45) is 6.31. The number of rotatable bonds is 7. The molecule has 5 nitrogen and oxygen atoms in total. The molecule has 5 heteroatoms. The van der Waals surface area contributed by atoms with Gasteiger partial charge >= 0.3 is 0 Å². The number of ketones is 1. The van der Waals surface area contributed by atoms with Gasteiger partial charge < -0.3 is 4.74 Å². The molecule has 1 atom stereocenters. The fraction of sp³-hybridized carbons (Fsp3) is 0.450. The molecule has 0 radical (unpaired) electrons. The summed E-state index contributed by atoms with van der Waals surface area (Å²) >= 11 is 0. The number of likely N-dealkylation sites (tertiary alicyclic amines) is 1. The van der Waals surface area contributed by atoms with Crippen LogP contribution in [-0.4, -0.2) is 40.9 Å². The monoisotopic (exact) mass is 339 g/mol. The van der Waals surface area contributed by atoms with Gasteiger partial charge in [-0.2, -0.15) is 0 Å². The van der Waals surface area contributed by atoms with Crippen molar-refractivity contribution < 1.29 is 9.53 Å². The van der Waals surface area contributed by atoms with Crippen LogP contribution in [0, 0.1) is 5.92 Å². The first-order valence-corrected chi connectivity index (χ1v) is 8.82. The van der Waals surface area contributed by atoms with Crippen molar-refractivity contribution in [3.63, 3.8) is 0 Å². The molecule has 3 rings (SSSR count). The first kappa shape index (κ1) is 17.7. The van der Waals surface area contributed by atoms with E-state index in [1.165, 1.54) is 0 Å². The molecule has 1 aromatic heterocycles. The minimum absolute atomic E-state index is 0.127. The van der Waals surface area contributed by atoms with Crippen LogP contribution in [-0.2, 0) is 29.1 Å². The zero-order chi connectivity index (χ0) is 17.5. The molecule has 1 fully saturated rings. The van der Waals surface area contributed by atoms with Gasteiger partial charge in [-0.05, 0) is 24.9 Å². The van der Waals surface area contributed by atoms with Crippen LogP contribution in [0.15, 0.2) is 42.7 Å². The lowest BCUT2D eigenvalue weighted by molar-refractivity contribution is -0.123. The zero-order valence-electron chi connectivity index (χ0n) is 14.7. The van der Waals surface area contributed by atoms with Crippen molar-refractivity contribution in [2.45, 2.75) is 32.4 Å². The first-order valence-electron chi connectivity index (χ1n) is 8.82. The average molecular weight is 339 g/mol. The molecule has 0 amide bonds. The maximum atomic E-state index is 12.6. The van der Waals surface area contributed by atoms with Crippen LogP contribution in [0.2, 0.25) is 0 Å². The Kier molecular flexibility index (Phi) is 6.25. The van der Waals surface area contributed by atoms with Crippen LogP contribution in [0.5, 0.6) is 0 Å². The van der Waals surface area contributed by atoms with Crippen LogP contribution in [0.1, 0.15) is 29.8 Å². The summed E-state index contributed by atoms with van der Waals surface area (Å²) in [5.74, 6) is 1.17. The minimum Gasteiger partial charge on any atom is -0.377 e. The van der Waals surface area contributed by atoms with E-state index >= 15 is 0 Å². The van der Waals surface area contributed by atoms with Crippen LogP contribution in [0.3, 0.4) is 0 Å². The number of nitrogens with zero attached hydrogens (tertiary/aromatic N) is 3. The third kappa shape index (κ3) is 5.18. The molecule has 1 aliphatic rings. The van der Waals surface area contributed by atoms with Gasteiger partial charge in [0, 0.05) is 50.5 Å². The lowest BCUT2D eigenvalue weighted by Crippen LogP contribution is -2.38. The van der Waals surface area contributed by atoms with E-state index in [-0.39, 0.29) is 5.92 Å². The molecule has 0 bridgehead atoms. The molecule has 0 spiro atoms. The number of aromatic nitrogens is 2. The van der Waals surface area contributed by atoms with Gasteiger partial charge in [0.1, 0.15) is 12.4 Å². The Balaban J connectivity index is 1.54. The molecule has 0 saturated carbocycles. The first-order chi connectivity index (χ1) is 12.2. The van der Waals surface area contributed by atoms with E-state index in [1.807, 2.05) is 42.7 Å². The van der Waals surface area contributed by atoms with E-state index in [2.05, 4.69) is 14.9 Å². The molecule has 1 aromatic carbocycles. The predicted octanol–water partition coefficient (Wildman–Crippen LogP) is 2.65. The molecular formula is C20H25N3O2. The second-order valence-corrected chi connectivity index (χ2v) is 6.64. The van der Waals surface area contributed by atoms with Gasteiger partial charge in [-0.15, -0.1) is 0 Å². The van der Waals surface area contributed by atoms with Crippen molar-refractivity contribution in [2.75, 3.05) is 20.2 Å². The van der Waals surface area contributed by atoms with Gasteiger partial charge in [0.15, 0.2) is 5.82 Å². The number of methoxy groups -OCH3 is 1. The molecule has 0 N–H and O–H groups in total. The fourth-order valence-corrected chi connectivity index (χ4v) is 3.33. The van der Waals surface area contributed by atoms with Gasteiger partial charge in [0.05, 0.1) is 0 Å². The maximum absolute atomic E-state index is 12.6. The van der Waals surface area contributed by atoms with E-state index in [4.69, 9.17) is 4.74 Å². The summed E-state index contributed by atoms with van der Waals surface area (Å²) in [7, 11) is 1.64. The molecule has 1 aliphatic heterocycles. The topological polar surface area (TPSA) is 55.3 Å². The number of hydrogen-bond donors (Lipinski definition) is 0. The van der Waals surface area contributed by atoms with Gasteiger partial charge in [-0.1, -0.05) is 30.3 Å². The molecule has 25 heavy (non-hydrogen) atoms. The fourth-order valence-electron chi connectivity index (χ4n) is 3.33. The maximum Gasteiger partial charge on any atom is 0.153 e. The Labute approximate surface area is 149 Å². The van der Waals surface area contributed by atoms with Gasteiger partial charge in [-0.25, -0.2) is 9.97 Å². The third-order valence-corrected chi connectivity index (χ3v) is 4.62. The van der Waals surface area contributed by atoms with Crippen molar-refractivity contribution in [1.82, 2.24) is 14.9 Å². The van der Waals surface area contributed by atoms with E-state index in [1.54, 1.807) is 7.11 Å². The smallest absolute Gasteiger partial charge is 0.153 e. The van der Waals surface area contributed by atoms with Crippen LogP contribution in [0.4, 0.5) is 0 Å². The van der Waals surface area contributed by atoms with Crippen molar-refractivity contribution >= 4 is 5.78 Å². The van der Waals surface area contributed by atoms with Crippen molar-refractivity contribution in [3.8, 4) is 0 Å². The number of hydrogen-bond acceptors (Lipinski definition) is 5. The predicted molar refractivity (Wildman–Crippen MR) is 95.9 cm³/mol. The molecule has 2 aromatic rings. The number of ether oxygens (including phenoxy) is 1. The van der Waals surface area contributed by atoms with Gasteiger partial charge in [-0.3, -0.25) is 9.69 Å². The SMILES string of the molecule is COCc1ncc(CN2CCC[C@H](C(=O)Cc3ccccc3)C2)cn1. The summed E-state index contributed by atoms with van der Waals surface area (Å²) in [6, 6.07) is 10.0. The highest BCUT2D eigenvalue weighted by Gasteiger charge is 2.25. The van der Waals surface area contributed by atoms with Gasteiger partial charge in [0.2, 0.25) is 0 Å². The van der Waals surface area contributed by atoms with Crippen LogP contribution < -0.4 is 0 Å². The second kappa shape index (κ2) is 8.83. The highest BCUT2D eigenvalue weighted by molar-refractivity contribution is 5.83. The number of piperidine rings is 1. The third-order valence-electron chi connectivity index (χ3n) is 4.62. The molecule has 2 heterocycles.